The van der Waals surface area contributed by atoms with Crippen molar-refractivity contribution in [2.24, 2.45) is 5.92 Å². The van der Waals surface area contributed by atoms with Gasteiger partial charge in [0, 0.05) is 25.6 Å². The number of pyridine rings is 1. The summed E-state index contributed by atoms with van der Waals surface area (Å²) in [4.78, 5) is 4.11. The van der Waals surface area contributed by atoms with Gasteiger partial charge in [-0.15, -0.1) is 0 Å². The van der Waals surface area contributed by atoms with E-state index >= 15 is 0 Å². The Morgan fingerprint density at radius 3 is 2.65 bits per heavy atom. The molecule has 5 heteroatoms. The number of aromatic nitrogens is 1. The summed E-state index contributed by atoms with van der Waals surface area (Å²) in [5, 5.41) is 3.16. The summed E-state index contributed by atoms with van der Waals surface area (Å²) in [6.07, 6.45) is 2.75. The Morgan fingerprint density at radius 2 is 2.06 bits per heavy atom. The van der Waals surface area contributed by atoms with Gasteiger partial charge in [-0.1, -0.05) is 11.5 Å². The minimum Gasteiger partial charge on any atom is -0.370 e. The average molecular weight is 236 g/mol. The van der Waals surface area contributed by atoms with Gasteiger partial charge in [-0.3, -0.25) is 0 Å². The molecule has 1 fully saturated rings. The molecular weight excluding hydrogens is 221 g/mol. The molecule has 0 amide bonds. The lowest BCUT2D eigenvalue weighted by Crippen LogP contribution is -2.28. The van der Waals surface area contributed by atoms with E-state index in [1.54, 1.807) is 18.3 Å². The Bertz CT molecular complexity index is 357. The highest BCUT2D eigenvalue weighted by Gasteiger charge is 2.34. The number of rotatable bonds is 3. The van der Waals surface area contributed by atoms with Crippen LogP contribution in [0.1, 0.15) is 25.7 Å². The minimum absolute atomic E-state index is 0.00845. The molecule has 1 aliphatic carbocycles. The van der Waals surface area contributed by atoms with Crippen molar-refractivity contribution < 1.29 is 8.78 Å². The van der Waals surface area contributed by atoms with Crippen molar-refractivity contribution in [3.63, 3.8) is 0 Å². The molecule has 17 heavy (non-hydrogen) atoms. The highest BCUT2D eigenvalue weighted by molar-refractivity contribution is 6.32. The summed E-state index contributed by atoms with van der Waals surface area (Å²) in [6.45, 7) is 0.701. The van der Waals surface area contributed by atoms with Gasteiger partial charge >= 0.3 is 0 Å². The SMILES string of the molecule is [B]c1ccc(NCC2CCC(F)(F)CC2)nc1. The van der Waals surface area contributed by atoms with E-state index in [-0.39, 0.29) is 12.8 Å². The first-order chi connectivity index (χ1) is 8.05. The van der Waals surface area contributed by atoms with Crippen LogP contribution in [0.5, 0.6) is 0 Å². The predicted octanol–water partition coefficient (Wildman–Crippen LogP) is 2.11. The summed E-state index contributed by atoms with van der Waals surface area (Å²) in [5.74, 6) is -1.39. The monoisotopic (exact) mass is 236 g/mol. The maximum Gasteiger partial charge on any atom is 0.248 e. The number of anilines is 1. The van der Waals surface area contributed by atoms with Crippen LogP contribution in [0.15, 0.2) is 18.3 Å². The second kappa shape index (κ2) is 5.02. The topological polar surface area (TPSA) is 24.9 Å². The highest BCUT2D eigenvalue weighted by Crippen LogP contribution is 2.35. The Labute approximate surface area is 101 Å². The van der Waals surface area contributed by atoms with Crippen LogP contribution in [0, 0.1) is 5.92 Å². The zero-order valence-electron chi connectivity index (χ0n) is 9.63. The third kappa shape index (κ3) is 3.68. The van der Waals surface area contributed by atoms with Crippen molar-refractivity contribution in [2.75, 3.05) is 11.9 Å². The molecule has 1 aromatic heterocycles. The molecule has 1 heterocycles. The molecule has 0 atom stereocenters. The van der Waals surface area contributed by atoms with Crippen LogP contribution < -0.4 is 10.8 Å². The second-order valence-electron chi connectivity index (χ2n) is 4.66. The first-order valence-electron chi connectivity index (χ1n) is 5.88. The fourth-order valence-corrected chi connectivity index (χ4v) is 2.06. The van der Waals surface area contributed by atoms with E-state index in [0.29, 0.717) is 30.8 Å². The summed E-state index contributed by atoms with van der Waals surface area (Å²) >= 11 is 0. The summed E-state index contributed by atoms with van der Waals surface area (Å²) in [6, 6.07) is 3.57. The molecule has 1 aliphatic rings. The zero-order chi connectivity index (χ0) is 12.3. The van der Waals surface area contributed by atoms with Gasteiger partial charge in [-0.2, -0.15) is 0 Å². The Hall–Kier alpha value is -1.13. The Kier molecular flexibility index (Phi) is 3.65. The molecule has 0 aromatic carbocycles. The average Bonchev–Trinajstić information content (AvgIpc) is 2.30. The molecule has 1 saturated carbocycles. The molecule has 0 aliphatic heterocycles. The van der Waals surface area contributed by atoms with Crippen molar-refractivity contribution >= 4 is 19.1 Å². The number of halogens is 2. The van der Waals surface area contributed by atoms with Gasteiger partial charge in [0.1, 0.15) is 13.7 Å². The van der Waals surface area contributed by atoms with Crippen molar-refractivity contribution in [2.45, 2.75) is 31.6 Å². The molecule has 2 rings (SSSR count). The molecule has 2 nitrogen and oxygen atoms in total. The van der Waals surface area contributed by atoms with Crippen molar-refractivity contribution in [3.05, 3.63) is 18.3 Å². The van der Waals surface area contributed by atoms with Gasteiger partial charge in [0.2, 0.25) is 5.92 Å². The lowest BCUT2D eigenvalue weighted by Gasteiger charge is -2.28. The lowest BCUT2D eigenvalue weighted by atomic mass is 9.87. The Morgan fingerprint density at radius 1 is 1.35 bits per heavy atom. The van der Waals surface area contributed by atoms with Crippen LogP contribution in [0.2, 0.25) is 0 Å². The van der Waals surface area contributed by atoms with Gasteiger partial charge in [0.15, 0.2) is 0 Å². The maximum absolute atomic E-state index is 12.9. The fraction of sp³-hybridized carbons (Fsp3) is 0.583. The van der Waals surface area contributed by atoms with E-state index in [1.807, 2.05) is 0 Å². The van der Waals surface area contributed by atoms with E-state index in [1.165, 1.54) is 0 Å². The fourth-order valence-electron chi connectivity index (χ4n) is 2.06. The lowest BCUT2D eigenvalue weighted by molar-refractivity contribution is -0.0443. The number of hydrogen-bond acceptors (Lipinski definition) is 2. The van der Waals surface area contributed by atoms with Gasteiger partial charge in [-0.05, 0) is 24.8 Å². The quantitative estimate of drug-likeness (QED) is 0.813. The van der Waals surface area contributed by atoms with E-state index < -0.39 is 5.92 Å². The number of alkyl halides is 2. The largest absolute Gasteiger partial charge is 0.370 e. The first kappa shape index (κ1) is 12.3. The van der Waals surface area contributed by atoms with Crippen LogP contribution in [-0.4, -0.2) is 25.3 Å². The van der Waals surface area contributed by atoms with Crippen LogP contribution in [0.3, 0.4) is 0 Å². The number of nitrogens with one attached hydrogen (secondary N) is 1. The third-order valence-electron chi connectivity index (χ3n) is 3.19. The molecule has 0 unspecified atom stereocenters. The summed E-state index contributed by atoms with van der Waals surface area (Å²) in [7, 11) is 5.52. The maximum atomic E-state index is 12.9. The van der Waals surface area contributed by atoms with E-state index in [2.05, 4.69) is 10.3 Å². The van der Waals surface area contributed by atoms with Crippen LogP contribution >= 0.6 is 0 Å². The third-order valence-corrected chi connectivity index (χ3v) is 3.19. The van der Waals surface area contributed by atoms with Crippen molar-refractivity contribution in [3.8, 4) is 0 Å². The second-order valence-corrected chi connectivity index (χ2v) is 4.66. The highest BCUT2D eigenvalue weighted by atomic mass is 19.3. The van der Waals surface area contributed by atoms with Crippen molar-refractivity contribution in [1.82, 2.24) is 4.98 Å². The number of hydrogen-bond donors (Lipinski definition) is 1. The van der Waals surface area contributed by atoms with Gasteiger partial charge in [0.05, 0.1) is 0 Å². The molecule has 1 N–H and O–H groups in total. The van der Waals surface area contributed by atoms with Crippen LogP contribution in [0.4, 0.5) is 14.6 Å². The molecule has 2 radical (unpaired) electrons. The smallest absolute Gasteiger partial charge is 0.248 e. The van der Waals surface area contributed by atoms with Gasteiger partial charge in [0.25, 0.3) is 0 Å². The number of nitrogens with zero attached hydrogens (tertiary/aromatic N) is 1. The summed E-state index contributed by atoms with van der Waals surface area (Å²) < 4.78 is 25.9. The predicted molar refractivity (Wildman–Crippen MR) is 65.0 cm³/mol. The van der Waals surface area contributed by atoms with Gasteiger partial charge < -0.3 is 5.32 Å². The van der Waals surface area contributed by atoms with Gasteiger partial charge in [-0.25, -0.2) is 13.8 Å². The van der Waals surface area contributed by atoms with E-state index in [4.69, 9.17) is 7.85 Å². The summed E-state index contributed by atoms with van der Waals surface area (Å²) in [5.41, 5.74) is 0.618. The van der Waals surface area contributed by atoms with E-state index in [9.17, 15) is 8.78 Å². The first-order valence-corrected chi connectivity index (χ1v) is 5.88. The minimum atomic E-state index is -2.45. The standard InChI is InChI=1S/C12H15BF2N2/c13-10-1-2-11(17-8-10)16-7-9-3-5-12(14,15)6-4-9/h1-2,8-9H,3-7H2,(H,16,17). The molecule has 0 saturated heterocycles. The molecule has 0 bridgehead atoms. The van der Waals surface area contributed by atoms with Crippen LogP contribution in [0.25, 0.3) is 0 Å². The normalized spacial score (nSPS) is 20.1. The van der Waals surface area contributed by atoms with Crippen molar-refractivity contribution in [1.29, 1.82) is 0 Å². The van der Waals surface area contributed by atoms with E-state index in [0.717, 1.165) is 5.82 Å². The molecule has 90 valence electrons. The zero-order valence-corrected chi connectivity index (χ0v) is 9.63. The molecule has 0 spiro atoms. The van der Waals surface area contributed by atoms with Crippen LogP contribution in [-0.2, 0) is 0 Å². The molecule has 1 aromatic rings. The molecular formula is C12H15BF2N2. The Balaban J connectivity index is 1.78.